The zero-order chi connectivity index (χ0) is 21.5. The van der Waals surface area contributed by atoms with Crippen molar-refractivity contribution in [2.45, 2.75) is 0 Å². The van der Waals surface area contributed by atoms with Crippen molar-refractivity contribution in [2.75, 3.05) is 0 Å². The summed E-state index contributed by atoms with van der Waals surface area (Å²) in [6.07, 6.45) is 1.68. The first-order valence-electron chi connectivity index (χ1n) is 9.83. The van der Waals surface area contributed by atoms with Crippen LogP contribution >= 0.6 is 0 Å². The average Bonchev–Trinajstić information content (AvgIpc) is 3.17. The summed E-state index contributed by atoms with van der Waals surface area (Å²) in [6, 6.07) is 20.8. The summed E-state index contributed by atoms with van der Waals surface area (Å²) in [7, 11) is 0. The quantitative estimate of drug-likeness (QED) is 0.337. The molecule has 0 fully saturated rings. The Labute approximate surface area is 178 Å². The normalized spacial score (nSPS) is 11.2. The topological polar surface area (TPSA) is 28.7 Å². The molecule has 5 rings (SSSR count). The fraction of sp³-hybridized carbons (Fsp3) is 0. The number of benzene rings is 3. The first kappa shape index (κ1) is 18.9. The van der Waals surface area contributed by atoms with Crippen LogP contribution in [0.15, 0.2) is 92.2 Å². The van der Waals surface area contributed by atoms with E-state index >= 15 is 0 Å². The lowest BCUT2D eigenvalue weighted by Crippen LogP contribution is -1.93. The molecular formula is C27H18F2N2. The molecule has 3 aromatic carbocycles. The molecule has 0 radical (unpaired) electrons. The molecule has 0 aliphatic rings. The maximum Gasteiger partial charge on any atom is 0.138 e. The van der Waals surface area contributed by atoms with Crippen molar-refractivity contribution in [1.29, 1.82) is 0 Å². The molecule has 0 amide bonds. The Hall–Kier alpha value is -4.05. The number of aromatic nitrogens is 2. The van der Waals surface area contributed by atoms with E-state index in [4.69, 9.17) is 0 Å². The van der Waals surface area contributed by atoms with E-state index in [9.17, 15) is 8.78 Å². The van der Waals surface area contributed by atoms with Gasteiger partial charge in [0.2, 0.25) is 0 Å². The van der Waals surface area contributed by atoms with Crippen LogP contribution in [0.4, 0.5) is 8.78 Å². The fourth-order valence-corrected chi connectivity index (χ4v) is 3.97. The van der Waals surface area contributed by atoms with Gasteiger partial charge >= 0.3 is 0 Å². The highest BCUT2D eigenvalue weighted by Crippen LogP contribution is 2.36. The summed E-state index contributed by atoms with van der Waals surface area (Å²) in [4.78, 5) is 7.76. The molecule has 4 heteroatoms. The van der Waals surface area contributed by atoms with Gasteiger partial charge in [0, 0.05) is 33.6 Å². The summed E-state index contributed by atoms with van der Waals surface area (Å²) in [5.41, 5.74) is 5.20. The number of fused-ring (bicyclic) bond motifs is 3. The molecule has 0 aliphatic carbocycles. The molecule has 0 atom stereocenters. The van der Waals surface area contributed by atoms with Crippen molar-refractivity contribution in [3.8, 4) is 0 Å². The third kappa shape index (κ3) is 3.13. The maximum atomic E-state index is 14.4. The first-order chi connectivity index (χ1) is 15.0. The Morgan fingerprint density at radius 2 is 1.39 bits per heavy atom. The van der Waals surface area contributed by atoms with Gasteiger partial charge in [0.15, 0.2) is 0 Å². The maximum absolute atomic E-state index is 14.4. The number of nitrogens with one attached hydrogen (secondary N) is 1. The molecule has 0 spiro atoms. The molecule has 2 aromatic heterocycles. The molecule has 5 aromatic rings. The number of hydrogen-bond acceptors (Lipinski definition) is 1. The molecule has 2 nitrogen and oxygen atoms in total. The largest absolute Gasteiger partial charge is 0.339 e. The van der Waals surface area contributed by atoms with Crippen LogP contribution in [0, 0.1) is 11.6 Å². The van der Waals surface area contributed by atoms with Crippen LogP contribution in [-0.2, 0) is 0 Å². The minimum atomic E-state index is -0.328. The fourth-order valence-electron chi connectivity index (χ4n) is 3.97. The highest BCUT2D eigenvalue weighted by molar-refractivity contribution is 6.12. The van der Waals surface area contributed by atoms with Gasteiger partial charge in [-0.25, -0.2) is 13.8 Å². The van der Waals surface area contributed by atoms with Crippen molar-refractivity contribution in [1.82, 2.24) is 9.97 Å². The van der Waals surface area contributed by atoms with Crippen LogP contribution in [0.3, 0.4) is 0 Å². The van der Waals surface area contributed by atoms with E-state index < -0.39 is 0 Å². The molecule has 2 heterocycles. The Bertz CT molecular complexity index is 1490. The van der Waals surface area contributed by atoms with Gasteiger partial charge < -0.3 is 4.98 Å². The number of aromatic amines is 1. The van der Waals surface area contributed by atoms with E-state index in [1.54, 1.807) is 42.6 Å². The van der Waals surface area contributed by atoms with Crippen molar-refractivity contribution in [2.24, 2.45) is 0 Å². The van der Waals surface area contributed by atoms with Gasteiger partial charge in [-0.1, -0.05) is 55.6 Å². The Morgan fingerprint density at radius 3 is 2.06 bits per heavy atom. The third-order valence-electron chi connectivity index (χ3n) is 5.56. The third-order valence-corrected chi connectivity index (χ3v) is 5.56. The van der Waals surface area contributed by atoms with E-state index in [1.165, 1.54) is 12.1 Å². The minimum absolute atomic E-state index is 0.318. The number of rotatable bonds is 4. The number of pyridine rings is 1. The second kappa shape index (κ2) is 7.33. The predicted octanol–water partition coefficient (Wildman–Crippen LogP) is 7.12. The molecule has 0 saturated heterocycles. The summed E-state index contributed by atoms with van der Waals surface area (Å²) < 4.78 is 28.7. The van der Waals surface area contributed by atoms with Crippen LogP contribution in [0.1, 0.15) is 22.3 Å². The number of nitrogens with zero attached hydrogens (tertiary/aromatic N) is 1. The van der Waals surface area contributed by atoms with Crippen LogP contribution in [0.25, 0.3) is 33.1 Å². The average molecular weight is 408 g/mol. The lowest BCUT2D eigenvalue weighted by Gasteiger charge is -2.10. The molecule has 31 heavy (non-hydrogen) atoms. The molecule has 0 bridgehead atoms. The Balaban J connectivity index is 1.71. The molecule has 1 N–H and O–H groups in total. The highest BCUT2D eigenvalue weighted by Gasteiger charge is 2.16. The van der Waals surface area contributed by atoms with Crippen molar-refractivity contribution in [3.05, 3.63) is 126 Å². The van der Waals surface area contributed by atoms with Gasteiger partial charge in [-0.05, 0) is 52.6 Å². The second-order valence-electron chi connectivity index (χ2n) is 7.38. The molecular weight excluding hydrogens is 390 g/mol. The lowest BCUT2D eigenvalue weighted by molar-refractivity contribution is 0.624. The van der Waals surface area contributed by atoms with Gasteiger partial charge in [0.1, 0.15) is 17.3 Å². The minimum Gasteiger partial charge on any atom is -0.339 e. The van der Waals surface area contributed by atoms with Crippen molar-refractivity contribution >= 4 is 33.1 Å². The van der Waals surface area contributed by atoms with Gasteiger partial charge in [-0.3, -0.25) is 0 Å². The summed E-state index contributed by atoms with van der Waals surface area (Å²) in [5.74, 6) is -0.646. The number of H-pyrrole nitrogens is 1. The Kier molecular flexibility index (Phi) is 4.48. The zero-order valence-electron chi connectivity index (χ0n) is 16.6. The highest BCUT2D eigenvalue weighted by atomic mass is 19.1. The monoisotopic (exact) mass is 408 g/mol. The van der Waals surface area contributed by atoms with Crippen LogP contribution in [0.2, 0.25) is 0 Å². The van der Waals surface area contributed by atoms with Gasteiger partial charge in [-0.2, -0.15) is 0 Å². The Morgan fingerprint density at radius 1 is 0.742 bits per heavy atom. The summed E-state index contributed by atoms with van der Waals surface area (Å²) in [6.45, 7) is 8.27. The van der Waals surface area contributed by atoms with Gasteiger partial charge in [-0.15, -0.1) is 0 Å². The van der Waals surface area contributed by atoms with E-state index in [1.807, 2.05) is 24.3 Å². The predicted molar refractivity (Wildman–Crippen MR) is 123 cm³/mol. The second-order valence-corrected chi connectivity index (χ2v) is 7.38. The van der Waals surface area contributed by atoms with Gasteiger partial charge in [0.05, 0.1) is 0 Å². The van der Waals surface area contributed by atoms with Crippen LogP contribution in [-0.4, -0.2) is 9.97 Å². The van der Waals surface area contributed by atoms with Crippen molar-refractivity contribution in [3.63, 3.8) is 0 Å². The zero-order valence-corrected chi connectivity index (χ0v) is 16.6. The molecule has 0 unspecified atom stereocenters. The number of hydrogen-bond donors (Lipinski definition) is 1. The van der Waals surface area contributed by atoms with Crippen molar-refractivity contribution < 1.29 is 8.78 Å². The molecule has 0 aliphatic heterocycles. The van der Waals surface area contributed by atoms with E-state index in [2.05, 4.69) is 23.1 Å². The van der Waals surface area contributed by atoms with Crippen LogP contribution in [0.5, 0.6) is 0 Å². The SMILES string of the molecule is C=C(c1ccc2[nH]c3nccc(C(=C)c4ccccc4F)c3c2c1)c1ccccc1F. The lowest BCUT2D eigenvalue weighted by atomic mass is 9.94. The number of halogens is 2. The first-order valence-corrected chi connectivity index (χ1v) is 9.83. The van der Waals surface area contributed by atoms with Gasteiger partial charge in [0.25, 0.3) is 0 Å². The molecule has 0 saturated carbocycles. The van der Waals surface area contributed by atoms with Crippen LogP contribution < -0.4 is 0 Å². The summed E-state index contributed by atoms with van der Waals surface area (Å²) >= 11 is 0. The van der Waals surface area contributed by atoms with E-state index in [0.717, 1.165) is 27.4 Å². The summed E-state index contributed by atoms with van der Waals surface area (Å²) in [5, 5.41) is 1.74. The molecule has 150 valence electrons. The van der Waals surface area contributed by atoms with E-state index in [0.29, 0.717) is 27.9 Å². The van der Waals surface area contributed by atoms with E-state index in [-0.39, 0.29) is 11.6 Å². The standard InChI is InChI=1S/C27H18F2N2/c1-16(19-7-3-5-9-23(19)28)18-11-12-25-22(15-18)26-21(13-14-30-27(26)31-25)17(2)20-8-4-6-10-24(20)29/h3-15H,1-2H2,(H,30,31). The smallest absolute Gasteiger partial charge is 0.138 e.